The van der Waals surface area contributed by atoms with Gasteiger partial charge in [-0.1, -0.05) is 0 Å². The molecule has 0 bridgehead atoms. The summed E-state index contributed by atoms with van der Waals surface area (Å²) in [4.78, 5) is 18.3. The van der Waals surface area contributed by atoms with Gasteiger partial charge in [0.25, 0.3) is 15.9 Å². The van der Waals surface area contributed by atoms with Crippen molar-refractivity contribution >= 4 is 46.4 Å². The number of pyridine rings is 1. The second kappa shape index (κ2) is 10.6. The van der Waals surface area contributed by atoms with Crippen molar-refractivity contribution in [3.63, 3.8) is 0 Å². The number of likely N-dealkylation sites (tertiary alicyclic amines) is 1. The van der Waals surface area contributed by atoms with Crippen molar-refractivity contribution in [1.29, 1.82) is 0 Å². The zero-order valence-electron chi connectivity index (χ0n) is 15.2. The van der Waals surface area contributed by atoms with E-state index in [1.54, 1.807) is 29.2 Å². The number of carbonyl (C=O) groups excluding carboxylic acids is 1. The number of hydrogen-bond acceptors (Lipinski definition) is 5. The maximum Gasteiger partial charge on any atom is 0.261 e. The van der Waals surface area contributed by atoms with Crippen LogP contribution >= 0.6 is 24.8 Å². The number of nitrogens with two attached hydrogens (primary N) is 1. The first kappa shape index (κ1) is 24.2. The molecular formula is C18H24Cl2N4O3S. The molecule has 0 spiro atoms. The lowest BCUT2D eigenvalue weighted by Crippen LogP contribution is -2.40. The Morgan fingerprint density at radius 1 is 1.07 bits per heavy atom. The Labute approximate surface area is 177 Å². The van der Waals surface area contributed by atoms with Crippen LogP contribution < -0.4 is 10.5 Å². The molecule has 0 unspecified atom stereocenters. The van der Waals surface area contributed by atoms with Gasteiger partial charge in [-0.25, -0.2) is 8.42 Å². The number of anilines is 1. The Bertz CT molecular complexity index is 856. The number of nitrogens with one attached hydrogen (secondary N) is 1. The van der Waals surface area contributed by atoms with E-state index in [9.17, 15) is 13.2 Å². The van der Waals surface area contributed by atoms with E-state index in [0.717, 1.165) is 12.8 Å². The monoisotopic (exact) mass is 446 g/mol. The van der Waals surface area contributed by atoms with Crippen LogP contribution in [0.25, 0.3) is 0 Å². The van der Waals surface area contributed by atoms with E-state index in [2.05, 4.69) is 9.71 Å². The third-order valence-electron chi connectivity index (χ3n) is 4.58. The smallest absolute Gasteiger partial charge is 0.261 e. The van der Waals surface area contributed by atoms with Crippen molar-refractivity contribution in [1.82, 2.24) is 9.88 Å². The number of carbonyl (C=O) groups is 1. The van der Waals surface area contributed by atoms with Crippen molar-refractivity contribution in [3.05, 3.63) is 54.4 Å². The highest BCUT2D eigenvalue weighted by atomic mass is 35.5. The lowest BCUT2D eigenvalue weighted by Gasteiger charge is -2.31. The molecule has 154 valence electrons. The Morgan fingerprint density at radius 3 is 2.18 bits per heavy atom. The average Bonchev–Trinajstić information content (AvgIpc) is 2.68. The number of sulfonamides is 1. The fraction of sp³-hybridized carbons (Fsp3) is 0.333. The lowest BCUT2D eigenvalue weighted by molar-refractivity contribution is 0.0693. The first-order valence-corrected chi connectivity index (χ1v) is 10.00. The summed E-state index contributed by atoms with van der Waals surface area (Å²) >= 11 is 0. The van der Waals surface area contributed by atoms with Gasteiger partial charge in [0.2, 0.25) is 0 Å². The van der Waals surface area contributed by atoms with Crippen LogP contribution in [0.5, 0.6) is 0 Å². The van der Waals surface area contributed by atoms with E-state index in [0.29, 0.717) is 36.8 Å². The largest absolute Gasteiger partial charge is 0.339 e. The first-order chi connectivity index (χ1) is 12.5. The van der Waals surface area contributed by atoms with Crippen molar-refractivity contribution < 1.29 is 13.2 Å². The molecule has 1 fully saturated rings. The molecule has 1 aromatic carbocycles. The van der Waals surface area contributed by atoms with Crippen molar-refractivity contribution in [2.24, 2.45) is 11.7 Å². The minimum Gasteiger partial charge on any atom is -0.339 e. The van der Waals surface area contributed by atoms with Crippen molar-refractivity contribution in [2.75, 3.05) is 24.4 Å². The molecule has 3 N–H and O–H groups in total. The fourth-order valence-corrected chi connectivity index (χ4v) is 4.02. The molecule has 0 saturated carbocycles. The van der Waals surface area contributed by atoms with Gasteiger partial charge in [0, 0.05) is 31.0 Å². The maximum atomic E-state index is 12.6. The van der Waals surface area contributed by atoms with Gasteiger partial charge in [-0.05, 0) is 61.7 Å². The standard InChI is InChI=1S/C18H22N4O3S.2ClH/c19-13-14-7-11-22(12-8-14)18(23)15-1-3-17(4-2-15)26(24,25)21-16-5-9-20-10-6-16;;/h1-6,9-10,14H,7-8,11-13,19H2,(H,20,21);2*1H. The molecular weight excluding hydrogens is 423 g/mol. The van der Waals surface area contributed by atoms with Gasteiger partial charge in [0.05, 0.1) is 10.6 Å². The molecule has 1 saturated heterocycles. The Balaban J connectivity index is 0.00000196. The molecule has 2 aromatic rings. The minimum atomic E-state index is -3.71. The predicted octanol–water partition coefficient (Wildman–Crippen LogP) is 2.54. The molecule has 1 amide bonds. The molecule has 0 aliphatic carbocycles. The summed E-state index contributed by atoms with van der Waals surface area (Å²) in [6.45, 7) is 2.02. The van der Waals surface area contributed by atoms with Gasteiger partial charge in [-0.15, -0.1) is 24.8 Å². The molecule has 1 aliphatic rings. The number of amides is 1. The number of halogens is 2. The van der Waals surface area contributed by atoms with Crippen LogP contribution in [0.3, 0.4) is 0 Å². The molecule has 1 aliphatic heterocycles. The Hall–Kier alpha value is -1.87. The van der Waals surface area contributed by atoms with Crippen LogP contribution in [0.1, 0.15) is 23.2 Å². The lowest BCUT2D eigenvalue weighted by atomic mass is 9.96. The molecule has 28 heavy (non-hydrogen) atoms. The zero-order chi connectivity index (χ0) is 18.6. The molecule has 2 heterocycles. The number of benzene rings is 1. The zero-order valence-corrected chi connectivity index (χ0v) is 17.6. The SMILES string of the molecule is Cl.Cl.NCC1CCN(C(=O)c2ccc(S(=O)(=O)Nc3ccncc3)cc2)CC1. The summed E-state index contributed by atoms with van der Waals surface area (Å²) in [5.41, 5.74) is 6.60. The fourth-order valence-electron chi connectivity index (χ4n) is 2.97. The summed E-state index contributed by atoms with van der Waals surface area (Å²) in [7, 11) is -3.71. The van der Waals surface area contributed by atoms with Crippen LogP contribution in [-0.4, -0.2) is 43.8 Å². The number of aromatic nitrogens is 1. The summed E-state index contributed by atoms with van der Waals surface area (Å²) in [5, 5.41) is 0. The molecule has 0 atom stereocenters. The van der Waals surface area contributed by atoms with Crippen LogP contribution in [0.4, 0.5) is 5.69 Å². The third kappa shape index (κ3) is 5.81. The summed E-state index contributed by atoms with van der Waals surface area (Å²) in [5.74, 6) is 0.400. The Morgan fingerprint density at radius 2 is 1.64 bits per heavy atom. The van der Waals surface area contributed by atoms with Crippen LogP contribution in [-0.2, 0) is 10.0 Å². The molecule has 0 radical (unpaired) electrons. The van der Waals surface area contributed by atoms with E-state index >= 15 is 0 Å². The minimum absolute atomic E-state index is 0. The van der Waals surface area contributed by atoms with Crippen LogP contribution in [0.2, 0.25) is 0 Å². The van der Waals surface area contributed by atoms with Crippen LogP contribution in [0.15, 0.2) is 53.7 Å². The predicted molar refractivity (Wildman–Crippen MR) is 114 cm³/mol. The highest BCUT2D eigenvalue weighted by Gasteiger charge is 2.23. The van der Waals surface area contributed by atoms with Gasteiger partial charge < -0.3 is 10.6 Å². The van der Waals surface area contributed by atoms with Gasteiger partial charge >= 0.3 is 0 Å². The van der Waals surface area contributed by atoms with Crippen molar-refractivity contribution in [3.8, 4) is 0 Å². The molecule has 7 nitrogen and oxygen atoms in total. The highest BCUT2D eigenvalue weighted by molar-refractivity contribution is 7.92. The third-order valence-corrected chi connectivity index (χ3v) is 5.98. The number of piperidine rings is 1. The topological polar surface area (TPSA) is 105 Å². The van der Waals surface area contributed by atoms with Gasteiger partial charge in [-0.2, -0.15) is 0 Å². The van der Waals surface area contributed by atoms with Crippen LogP contribution in [0, 0.1) is 5.92 Å². The molecule has 10 heteroatoms. The average molecular weight is 447 g/mol. The first-order valence-electron chi connectivity index (χ1n) is 8.52. The summed E-state index contributed by atoms with van der Waals surface area (Å²) in [6, 6.07) is 9.14. The van der Waals surface area contributed by atoms with Gasteiger partial charge in [0.15, 0.2) is 0 Å². The van der Waals surface area contributed by atoms with E-state index in [1.165, 1.54) is 24.5 Å². The van der Waals surface area contributed by atoms with E-state index in [-0.39, 0.29) is 35.6 Å². The van der Waals surface area contributed by atoms with E-state index in [1.807, 2.05) is 0 Å². The number of rotatable bonds is 5. The Kier molecular flexibility index (Phi) is 9.16. The maximum absolute atomic E-state index is 12.6. The van der Waals surface area contributed by atoms with Crippen molar-refractivity contribution in [2.45, 2.75) is 17.7 Å². The highest BCUT2D eigenvalue weighted by Crippen LogP contribution is 2.20. The number of nitrogens with zero attached hydrogens (tertiary/aromatic N) is 2. The second-order valence-electron chi connectivity index (χ2n) is 6.34. The van der Waals surface area contributed by atoms with E-state index < -0.39 is 10.0 Å². The second-order valence-corrected chi connectivity index (χ2v) is 8.02. The molecule has 1 aromatic heterocycles. The summed E-state index contributed by atoms with van der Waals surface area (Å²) < 4.78 is 27.3. The van der Waals surface area contributed by atoms with Gasteiger partial charge in [0.1, 0.15) is 0 Å². The summed E-state index contributed by atoms with van der Waals surface area (Å²) in [6.07, 6.45) is 4.83. The quantitative estimate of drug-likeness (QED) is 0.733. The van der Waals surface area contributed by atoms with E-state index in [4.69, 9.17) is 5.73 Å². The normalized spacial score (nSPS) is 14.5. The molecule has 3 rings (SSSR count). The van der Waals surface area contributed by atoms with Gasteiger partial charge in [-0.3, -0.25) is 14.5 Å². The number of hydrogen-bond donors (Lipinski definition) is 2.